The van der Waals surface area contributed by atoms with Crippen molar-refractivity contribution in [1.82, 2.24) is 25.3 Å². The van der Waals surface area contributed by atoms with Gasteiger partial charge in [0.1, 0.15) is 17.9 Å². The fourth-order valence-corrected chi connectivity index (χ4v) is 6.41. The minimum absolute atomic E-state index is 0.0387. The first-order chi connectivity index (χ1) is 18.8. The van der Waals surface area contributed by atoms with Crippen molar-refractivity contribution in [1.29, 1.82) is 0 Å². The van der Waals surface area contributed by atoms with Gasteiger partial charge in [-0.3, -0.25) is 25.2 Å². The van der Waals surface area contributed by atoms with E-state index >= 15 is 0 Å². The molecule has 4 saturated heterocycles. The van der Waals surface area contributed by atoms with E-state index in [1.165, 1.54) is 18.9 Å². The van der Waals surface area contributed by atoms with Crippen LogP contribution in [0.3, 0.4) is 0 Å². The van der Waals surface area contributed by atoms with Gasteiger partial charge in [-0.15, -0.1) is 11.6 Å². The highest BCUT2D eigenvalue weighted by Crippen LogP contribution is 2.25. The molecule has 4 aliphatic heterocycles. The molecule has 218 valence electrons. The third-order valence-corrected chi connectivity index (χ3v) is 8.94. The van der Waals surface area contributed by atoms with Gasteiger partial charge in [0.2, 0.25) is 5.91 Å². The van der Waals surface area contributed by atoms with Gasteiger partial charge in [0.15, 0.2) is 0 Å². The van der Waals surface area contributed by atoms with E-state index in [9.17, 15) is 19.4 Å². The quantitative estimate of drug-likeness (QED) is 0.244. The zero-order chi connectivity index (χ0) is 27.4. The van der Waals surface area contributed by atoms with Crippen LogP contribution >= 0.6 is 11.6 Å². The molecule has 4 N–H and O–H groups in total. The van der Waals surface area contributed by atoms with Crippen molar-refractivity contribution in [2.45, 2.75) is 56.0 Å². The van der Waals surface area contributed by atoms with Crippen molar-refractivity contribution in [2.24, 2.45) is 11.8 Å². The van der Waals surface area contributed by atoms with Gasteiger partial charge in [-0.25, -0.2) is 4.39 Å². The van der Waals surface area contributed by atoms with E-state index in [0.29, 0.717) is 55.9 Å². The number of nitrogens with zero attached hydrogens (tertiary/aromatic N) is 3. The van der Waals surface area contributed by atoms with Gasteiger partial charge in [-0.1, -0.05) is 6.07 Å². The van der Waals surface area contributed by atoms with Crippen LogP contribution < -0.4 is 15.4 Å². The first-order valence-electron chi connectivity index (χ1n) is 14.5. The van der Waals surface area contributed by atoms with Crippen molar-refractivity contribution in [2.75, 3.05) is 65.5 Å². The average molecular weight is 568 g/mol. The van der Waals surface area contributed by atoms with Gasteiger partial charge in [0, 0.05) is 70.9 Å². The summed E-state index contributed by atoms with van der Waals surface area (Å²) in [5, 5.41) is 26.4. The van der Waals surface area contributed by atoms with E-state index in [2.05, 4.69) is 15.5 Å². The van der Waals surface area contributed by atoms with E-state index in [-0.39, 0.29) is 24.0 Å². The Bertz CT molecular complexity index is 944. The molecular weight excluding hydrogens is 525 g/mol. The second kappa shape index (κ2) is 13.4. The fraction of sp³-hybridized carbons (Fsp3) is 0.750. The number of likely N-dealkylation sites (tertiary alicyclic amines) is 3. The van der Waals surface area contributed by atoms with Gasteiger partial charge in [-0.2, -0.15) is 0 Å². The van der Waals surface area contributed by atoms with Crippen molar-refractivity contribution in [3.8, 4) is 5.75 Å². The Morgan fingerprint density at radius 1 is 1.05 bits per heavy atom. The lowest BCUT2D eigenvalue weighted by atomic mass is 9.92. The van der Waals surface area contributed by atoms with Gasteiger partial charge >= 0.3 is 0 Å². The lowest BCUT2D eigenvalue weighted by molar-refractivity contribution is -0.137. The number of aliphatic hydroxyl groups excluding tert-OH is 2. The number of alkyl halides is 1. The minimum Gasteiger partial charge on any atom is -0.493 e. The average Bonchev–Trinajstić information content (AvgIpc) is 3.22. The third-order valence-electron chi connectivity index (χ3n) is 8.63. The van der Waals surface area contributed by atoms with Gasteiger partial charge in [0.25, 0.3) is 0 Å². The molecule has 4 heterocycles. The zero-order valence-corrected chi connectivity index (χ0v) is 23.4. The number of benzene rings is 1. The van der Waals surface area contributed by atoms with Gasteiger partial charge < -0.3 is 19.8 Å². The Hall–Kier alpha value is -1.53. The molecule has 5 rings (SSSR count). The summed E-state index contributed by atoms with van der Waals surface area (Å²) in [6.07, 6.45) is 3.27. The molecule has 0 bridgehead atoms. The first-order valence-corrected chi connectivity index (χ1v) is 14.9. The molecule has 4 fully saturated rings. The molecule has 1 aromatic rings. The summed E-state index contributed by atoms with van der Waals surface area (Å²) < 4.78 is 20.5. The summed E-state index contributed by atoms with van der Waals surface area (Å²) in [5.41, 5.74) is 0.386. The highest BCUT2D eigenvalue weighted by molar-refractivity contribution is 6.21. The first kappa shape index (κ1) is 29.0. The number of carbonyl (C=O) groups is 1. The number of carbonyl (C=O) groups excluding carboxylic acids is 1. The molecule has 0 radical (unpaired) electrons. The maximum atomic E-state index is 14.7. The molecular formula is C28H43ClFN5O4. The number of amides is 1. The summed E-state index contributed by atoms with van der Waals surface area (Å²) in [5.74, 6) is 1.03. The lowest BCUT2D eigenvalue weighted by Gasteiger charge is -2.41. The van der Waals surface area contributed by atoms with E-state index in [1.54, 1.807) is 17.0 Å². The normalized spacial score (nSPS) is 29.5. The van der Waals surface area contributed by atoms with E-state index in [4.69, 9.17) is 16.3 Å². The van der Waals surface area contributed by atoms with E-state index in [0.717, 1.165) is 45.6 Å². The number of rotatable bonds is 10. The molecule has 9 nitrogen and oxygen atoms in total. The molecule has 1 amide bonds. The number of nitrogens with one attached hydrogen (secondary N) is 2. The van der Waals surface area contributed by atoms with Crippen molar-refractivity contribution >= 4 is 17.5 Å². The number of hydrogen-bond acceptors (Lipinski definition) is 8. The Kier molecular flexibility index (Phi) is 9.97. The van der Waals surface area contributed by atoms with Crippen molar-refractivity contribution in [3.05, 3.63) is 29.6 Å². The molecule has 2 atom stereocenters. The van der Waals surface area contributed by atoms with Gasteiger partial charge in [-0.05, 0) is 43.2 Å². The Labute approximate surface area is 235 Å². The number of ether oxygens (including phenoxy) is 1. The van der Waals surface area contributed by atoms with Crippen LogP contribution in [0.1, 0.15) is 31.2 Å². The van der Waals surface area contributed by atoms with Crippen LogP contribution in [0.15, 0.2) is 18.2 Å². The molecule has 0 spiro atoms. The molecule has 4 aliphatic rings. The minimum atomic E-state index is -0.691. The van der Waals surface area contributed by atoms with Crippen molar-refractivity contribution < 1.29 is 24.1 Å². The number of halogens is 2. The van der Waals surface area contributed by atoms with E-state index < -0.39 is 18.0 Å². The number of β-amino-alcohol motifs (C(OH)–C–C–N with tert-alkyl or cyclic N) is 2. The van der Waals surface area contributed by atoms with Crippen LogP contribution in [0.2, 0.25) is 0 Å². The Balaban J connectivity index is 0.954. The molecule has 1 aromatic carbocycles. The summed E-state index contributed by atoms with van der Waals surface area (Å²) in [7, 11) is 0. The Morgan fingerprint density at radius 3 is 2.41 bits per heavy atom. The smallest absolute Gasteiger partial charge is 0.227 e. The van der Waals surface area contributed by atoms with Crippen LogP contribution in [-0.4, -0.2) is 120 Å². The Morgan fingerprint density at radius 2 is 1.74 bits per heavy atom. The highest BCUT2D eigenvalue weighted by atomic mass is 35.5. The molecule has 11 heteroatoms. The third kappa shape index (κ3) is 7.81. The number of aliphatic hydroxyl groups is 2. The lowest BCUT2D eigenvalue weighted by Crippen LogP contribution is -2.62. The van der Waals surface area contributed by atoms with Gasteiger partial charge in [0.05, 0.1) is 30.6 Å². The predicted octanol–water partition coefficient (Wildman–Crippen LogP) is 0.819. The number of hydrogen-bond donors (Lipinski definition) is 4. The van der Waals surface area contributed by atoms with Crippen LogP contribution in [0.25, 0.3) is 0 Å². The second-order valence-corrected chi connectivity index (χ2v) is 12.4. The molecule has 39 heavy (non-hydrogen) atoms. The molecule has 0 saturated carbocycles. The number of piperidine rings is 1. The standard InChI is InChI=1S/C28H43ClFN5O4/c29-22-12-31-28(32-13-22)34-7-5-19(6-8-34)2-1-9-39-23-4-3-21(24(30)11-23)10-27(38)35-15-20(16-35)14-33-17-25(36)26(37)18-33/h3-4,11,19-20,22,25-26,28,31-32,36-37H,1-2,5-10,12-18H2/t22?,25-,26-,28?/m1/s1. The maximum Gasteiger partial charge on any atom is 0.227 e. The monoisotopic (exact) mass is 567 g/mol. The van der Waals surface area contributed by atoms with E-state index in [1.807, 2.05) is 4.90 Å². The van der Waals surface area contributed by atoms with Crippen LogP contribution in [0, 0.1) is 17.7 Å². The molecule has 0 aliphatic carbocycles. The fourth-order valence-electron chi connectivity index (χ4n) is 6.23. The zero-order valence-electron chi connectivity index (χ0n) is 22.6. The summed E-state index contributed by atoms with van der Waals surface area (Å²) in [6, 6.07) is 4.80. The summed E-state index contributed by atoms with van der Waals surface area (Å²) in [4.78, 5) is 18.9. The second-order valence-electron chi connectivity index (χ2n) is 11.7. The molecule has 0 aromatic heterocycles. The SMILES string of the molecule is O=C(Cc1ccc(OCCCC2CCN(C3NCC(Cl)CN3)CC2)cc1F)N1CC(CN2C[C@@H](O)[C@H](O)C2)C1. The van der Waals surface area contributed by atoms with Crippen LogP contribution in [0.5, 0.6) is 5.75 Å². The van der Waals surface area contributed by atoms with Crippen LogP contribution in [-0.2, 0) is 11.2 Å². The maximum absolute atomic E-state index is 14.7. The highest BCUT2D eigenvalue weighted by Gasteiger charge is 2.36. The topological polar surface area (TPSA) is 101 Å². The predicted molar refractivity (Wildman–Crippen MR) is 147 cm³/mol. The summed E-state index contributed by atoms with van der Waals surface area (Å²) in [6.45, 7) is 7.33. The summed E-state index contributed by atoms with van der Waals surface area (Å²) >= 11 is 6.14. The van der Waals surface area contributed by atoms with Crippen molar-refractivity contribution in [3.63, 3.8) is 0 Å². The largest absolute Gasteiger partial charge is 0.493 e. The van der Waals surface area contributed by atoms with Crippen LogP contribution in [0.4, 0.5) is 4.39 Å². The molecule has 0 unspecified atom stereocenters.